The molecule has 1 atom stereocenters. The van der Waals surface area contributed by atoms with Gasteiger partial charge in [-0.05, 0) is 17.7 Å². The van der Waals surface area contributed by atoms with Gasteiger partial charge in [-0.3, -0.25) is 5.32 Å². The van der Waals surface area contributed by atoms with E-state index in [-0.39, 0.29) is 6.54 Å². The maximum absolute atomic E-state index is 13.6. The van der Waals surface area contributed by atoms with Crippen LogP contribution in [0.3, 0.4) is 0 Å². The molecule has 6 heteroatoms. The zero-order chi connectivity index (χ0) is 15.5. The van der Waals surface area contributed by atoms with Gasteiger partial charge >= 0.3 is 6.18 Å². The van der Waals surface area contributed by atoms with Gasteiger partial charge in [0.05, 0.1) is 0 Å². The molecular formula is C15H12F5N. The average molecular weight is 301 g/mol. The fourth-order valence-electron chi connectivity index (χ4n) is 1.98. The lowest BCUT2D eigenvalue weighted by atomic mass is 10.0. The third-order valence-electron chi connectivity index (χ3n) is 2.97. The Bertz CT molecular complexity index is 575. The van der Waals surface area contributed by atoms with Gasteiger partial charge in [-0.25, -0.2) is 8.78 Å². The van der Waals surface area contributed by atoms with Crippen LogP contribution in [0.25, 0.3) is 0 Å². The molecule has 0 aliphatic rings. The van der Waals surface area contributed by atoms with Crippen LogP contribution in [-0.2, 0) is 6.54 Å². The van der Waals surface area contributed by atoms with Gasteiger partial charge in [-0.2, -0.15) is 13.2 Å². The van der Waals surface area contributed by atoms with E-state index in [0.29, 0.717) is 5.56 Å². The molecule has 0 fully saturated rings. The SMILES string of the molecule is Fc1cccc(F)c1C(NCc1ccccc1)C(F)(F)F. The Morgan fingerprint density at radius 1 is 0.857 bits per heavy atom. The molecule has 0 aliphatic carbocycles. The van der Waals surface area contributed by atoms with Crippen LogP contribution in [0.1, 0.15) is 17.2 Å². The number of rotatable bonds is 4. The highest BCUT2D eigenvalue weighted by Crippen LogP contribution is 2.35. The zero-order valence-corrected chi connectivity index (χ0v) is 10.8. The topological polar surface area (TPSA) is 12.0 Å². The van der Waals surface area contributed by atoms with Gasteiger partial charge in [0.2, 0.25) is 0 Å². The minimum atomic E-state index is -4.81. The Hall–Kier alpha value is -1.95. The van der Waals surface area contributed by atoms with Crippen LogP contribution in [0.5, 0.6) is 0 Å². The molecule has 0 radical (unpaired) electrons. The predicted octanol–water partition coefficient (Wildman–Crippen LogP) is 4.36. The maximum atomic E-state index is 13.6. The lowest BCUT2D eigenvalue weighted by Gasteiger charge is -2.23. The number of alkyl halides is 3. The molecule has 112 valence electrons. The zero-order valence-electron chi connectivity index (χ0n) is 10.8. The summed E-state index contributed by atoms with van der Waals surface area (Å²) in [6.45, 7) is -0.154. The first-order valence-corrected chi connectivity index (χ1v) is 6.17. The van der Waals surface area contributed by atoms with Crippen LogP contribution in [0, 0.1) is 11.6 Å². The van der Waals surface area contributed by atoms with Crippen molar-refractivity contribution >= 4 is 0 Å². The molecule has 1 N–H and O–H groups in total. The summed E-state index contributed by atoms with van der Waals surface area (Å²) in [5, 5.41) is 2.17. The second kappa shape index (κ2) is 6.22. The van der Waals surface area contributed by atoms with E-state index in [9.17, 15) is 22.0 Å². The van der Waals surface area contributed by atoms with E-state index >= 15 is 0 Å². The van der Waals surface area contributed by atoms with Crippen molar-refractivity contribution in [3.05, 3.63) is 71.3 Å². The predicted molar refractivity (Wildman–Crippen MR) is 68.4 cm³/mol. The second-order valence-electron chi connectivity index (χ2n) is 4.48. The first-order valence-electron chi connectivity index (χ1n) is 6.17. The molecule has 0 saturated heterocycles. The number of nitrogens with one attached hydrogen (secondary N) is 1. The van der Waals surface area contributed by atoms with Crippen molar-refractivity contribution in [3.63, 3.8) is 0 Å². The molecule has 0 aliphatic heterocycles. The van der Waals surface area contributed by atoms with Gasteiger partial charge < -0.3 is 0 Å². The van der Waals surface area contributed by atoms with E-state index < -0.39 is 29.4 Å². The molecule has 1 unspecified atom stereocenters. The Morgan fingerprint density at radius 2 is 1.43 bits per heavy atom. The Labute approximate surface area is 118 Å². The molecular weight excluding hydrogens is 289 g/mol. The molecule has 1 nitrogen and oxygen atoms in total. The van der Waals surface area contributed by atoms with Crippen LogP contribution in [0.2, 0.25) is 0 Å². The number of hydrogen-bond donors (Lipinski definition) is 1. The van der Waals surface area contributed by atoms with Crippen LogP contribution >= 0.6 is 0 Å². The fourth-order valence-corrected chi connectivity index (χ4v) is 1.98. The monoisotopic (exact) mass is 301 g/mol. The molecule has 0 amide bonds. The first-order chi connectivity index (χ1) is 9.89. The van der Waals surface area contributed by atoms with Crippen molar-refractivity contribution < 1.29 is 22.0 Å². The van der Waals surface area contributed by atoms with Gasteiger partial charge in [-0.1, -0.05) is 36.4 Å². The highest BCUT2D eigenvalue weighted by atomic mass is 19.4. The molecule has 2 rings (SSSR count). The van der Waals surface area contributed by atoms with Gasteiger partial charge in [-0.15, -0.1) is 0 Å². The second-order valence-corrected chi connectivity index (χ2v) is 4.48. The summed E-state index contributed by atoms with van der Waals surface area (Å²) in [6, 6.07) is 8.55. The number of halogens is 5. The quantitative estimate of drug-likeness (QED) is 0.827. The summed E-state index contributed by atoms with van der Waals surface area (Å²) in [5.74, 6) is -2.45. The fraction of sp³-hybridized carbons (Fsp3) is 0.200. The standard InChI is InChI=1S/C15H12F5N/c16-11-7-4-8-12(17)13(11)14(15(18,19)20)21-9-10-5-2-1-3-6-10/h1-8,14,21H,9H2. The third-order valence-corrected chi connectivity index (χ3v) is 2.97. The highest BCUT2D eigenvalue weighted by Gasteiger charge is 2.43. The van der Waals surface area contributed by atoms with Crippen LogP contribution < -0.4 is 5.32 Å². The molecule has 2 aromatic rings. The molecule has 0 aromatic heterocycles. The minimum Gasteiger partial charge on any atom is -0.298 e. The van der Waals surface area contributed by atoms with E-state index in [1.807, 2.05) is 0 Å². The van der Waals surface area contributed by atoms with Crippen LogP contribution in [-0.4, -0.2) is 6.18 Å². The van der Waals surface area contributed by atoms with Crippen molar-refractivity contribution in [2.75, 3.05) is 0 Å². The molecule has 0 bridgehead atoms. The smallest absolute Gasteiger partial charge is 0.298 e. The van der Waals surface area contributed by atoms with E-state index in [4.69, 9.17) is 0 Å². The van der Waals surface area contributed by atoms with Crippen LogP contribution in [0.15, 0.2) is 48.5 Å². The van der Waals surface area contributed by atoms with Crippen molar-refractivity contribution in [2.24, 2.45) is 0 Å². The van der Waals surface area contributed by atoms with Crippen molar-refractivity contribution in [1.82, 2.24) is 5.32 Å². The van der Waals surface area contributed by atoms with Gasteiger partial charge in [0.25, 0.3) is 0 Å². The van der Waals surface area contributed by atoms with Crippen molar-refractivity contribution in [2.45, 2.75) is 18.8 Å². The molecule has 2 aromatic carbocycles. The molecule has 0 saturated carbocycles. The molecule has 0 spiro atoms. The lowest BCUT2D eigenvalue weighted by molar-refractivity contribution is -0.159. The summed E-state index contributed by atoms with van der Waals surface area (Å²) in [4.78, 5) is 0. The van der Waals surface area contributed by atoms with Gasteiger partial charge in [0, 0.05) is 12.1 Å². The first kappa shape index (κ1) is 15.4. The van der Waals surface area contributed by atoms with Crippen molar-refractivity contribution in [3.8, 4) is 0 Å². The summed E-state index contributed by atoms with van der Waals surface area (Å²) in [6.07, 6.45) is -4.81. The summed E-state index contributed by atoms with van der Waals surface area (Å²) >= 11 is 0. The molecule has 0 heterocycles. The van der Waals surface area contributed by atoms with Crippen LogP contribution in [0.4, 0.5) is 22.0 Å². The molecule has 21 heavy (non-hydrogen) atoms. The van der Waals surface area contributed by atoms with Gasteiger partial charge in [0.15, 0.2) is 0 Å². The van der Waals surface area contributed by atoms with E-state index in [1.165, 1.54) is 0 Å². The van der Waals surface area contributed by atoms with E-state index in [2.05, 4.69) is 5.32 Å². The maximum Gasteiger partial charge on any atom is 0.408 e. The van der Waals surface area contributed by atoms with Crippen molar-refractivity contribution in [1.29, 1.82) is 0 Å². The average Bonchev–Trinajstić information content (AvgIpc) is 2.42. The summed E-state index contributed by atoms with van der Waals surface area (Å²) in [5.41, 5.74) is -0.426. The summed E-state index contributed by atoms with van der Waals surface area (Å²) < 4.78 is 66.4. The third kappa shape index (κ3) is 3.78. The van der Waals surface area contributed by atoms with E-state index in [0.717, 1.165) is 18.2 Å². The van der Waals surface area contributed by atoms with Gasteiger partial charge in [0.1, 0.15) is 17.7 Å². The Balaban J connectivity index is 2.28. The summed E-state index contributed by atoms with van der Waals surface area (Å²) in [7, 11) is 0. The Morgan fingerprint density at radius 3 is 1.95 bits per heavy atom. The minimum absolute atomic E-state index is 0.154. The lowest BCUT2D eigenvalue weighted by Crippen LogP contribution is -2.35. The highest BCUT2D eigenvalue weighted by molar-refractivity contribution is 5.25. The number of hydrogen-bond acceptors (Lipinski definition) is 1. The Kier molecular flexibility index (Phi) is 4.57. The largest absolute Gasteiger partial charge is 0.408 e. The normalized spacial score (nSPS) is 13.2. The number of benzene rings is 2. The van der Waals surface area contributed by atoms with E-state index in [1.54, 1.807) is 30.3 Å².